The maximum atomic E-state index is 12.8. The lowest BCUT2D eigenvalue weighted by Gasteiger charge is -2.26. The topological polar surface area (TPSA) is 104 Å². The first-order chi connectivity index (χ1) is 17.8. The Hall–Kier alpha value is -3.06. The molecular weight excluding hydrogens is 468 g/mol. The van der Waals surface area contributed by atoms with Crippen LogP contribution < -0.4 is 0 Å². The highest BCUT2D eigenvalue weighted by molar-refractivity contribution is 5.73. The van der Waals surface area contributed by atoms with Crippen LogP contribution in [-0.4, -0.2) is 45.6 Å². The van der Waals surface area contributed by atoms with Crippen LogP contribution in [0.5, 0.6) is 0 Å². The molecule has 1 aliphatic rings. The van der Waals surface area contributed by atoms with Crippen molar-refractivity contribution in [2.75, 3.05) is 0 Å². The molecule has 5 atom stereocenters. The first-order valence-corrected chi connectivity index (χ1v) is 13.2. The average Bonchev–Trinajstić information content (AvgIpc) is 3.14. The zero-order chi connectivity index (χ0) is 27.0. The van der Waals surface area contributed by atoms with Gasteiger partial charge in [0.25, 0.3) is 0 Å². The molecule has 1 aromatic rings. The van der Waals surface area contributed by atoms with E-state index in [0.29, 0.717) is 44.9 Å². The number of aliphatic hydroxyl groups excluding tert-OH is 2. The van der Waals surface area contributed by atoms with Gasteiger partial charge in [-0.3, -0.25) is 9.59 Å². The second-order valence-corrected chi connectivity index (χ2v) is 9.87. The molecule has 0 aliphatic heterocycles. The summed E-state index contributed by atoms with van der Waals surface area (Å²) in [6.45, 7) is 0. The van der Waals surface area contributed by atoms with Crippen LogP contribution in [0.25, 0.3) is 0 Å². The predicted octanol–water partition coefficient (Wildman–Crippen LogP) is 4.53. The molecule has 37 heavy (non-hydrogen) atoms. The van der Waals surface area contributed by atoms with E-state index in [1.807, 2.05) is 42.5 Å². The molecule has 0 unspecified atom stereocenters. The fourth-order valence-electron chi connectivity index (χ4n) is 5.05. The van der Waals surface area contributed by atoms with Gasteiger partial charge in [0.05, 0.1) is 18.1 Å². The summed E-state index contributed by atoms with van der Waals surface area (Å²) in [5, 5.41) is 30.0. The first kappa shape index (κ1) is 30.2. The van der Waals surface area contributed by atoms with Crippen molar-refractivity contribution in [1.82, 2.24) is 0 Å². The molecule has 6 nitrogen and oxygen atoms in total. The van der Waals surface area contributed by atoms with E-state index in [1.165, 1.54) is 0 Å². The number of esters is 1. The maximum absolute atomic E-state index is 12.8. The summed E-state index contributed by atoms with van der Waals surface area (Å²) >= 11 is 0. The first-order valence-electron chi connectivity index (χ1n) is 13.2. The van der Waals surface area contributed by atoms with Crippen molar-refractivity contribution in [3.05, 3.63) is 48.0 Å². The number of benzene rings is 1. The molecule has 1 aromatic carbocycles. The summed E-state index contributed by atoms with van der Waals surface area (Å²) in [7, 11) is 0. The van der Waals surface area contributed by atoms with Gasteiger partial charge < -0.3 is 20.1 Å². The van der Waals surface area contributed by atoms with Crippen LogP contribution in [0.2, 0.25) is 0 Å². The van der Waals surface area contributed by atoms with Gasteiger partial charge in [-0.1, -0.05) is 42.5 Å². The molecule has 0 saturated heterocycles. The van der Waals surface area contributed by atoms with Gasteiger partial charge >= 0.3 is 11.9 Å². The number of aryl methyl sites for hydroxylation is 1. The van der Waals surface area contributed by atoms with Crippen molar-refractivity contribution >= 4 is 11.9 Å². The third kappa shape index (κ3) is 10.8. The molecule has 6 heteroatoms. The number of carboxylic acid groups (broad SMARTS) is 1. The Balaban J connectivity index is 2.01. The van der Waals surface area contributed by atoms with E-state index >= 15 is 0 Å². The highest BCUT2D eigenvalue weighted by Gasteiger charge is 2.41. The van der Waals surface area contributed by atoms with Gasteiger partial charge in [0.1, 0.15) is 6.10 Å². The quantitative estimate of drug-likeness (QED) is 0.131. The number of carbonyl (C=O) groups is 2. The largest absolute Gasteiger partial charge is 0.481 e. The van der Waals surface area contributed by atoms with E-state index in [4.69, 9.17) is 22.7 Å². The minimum Gasteiger partial charge on any atom is -0.481 e. The molecule has 0 bridgehead atoms. The number of aliphatic carboxylic acids is 1. The van der Waals surface area contributed by atoms with Gasteiger partial charge in [0, 0.05) is 19.3 Å². The summed E-state index contributed by atoms with van der Waals surface area (Å²) in [6, 6.07) is 9.98. The number of rotatable bonds is 16. The van der Waals surface area contributed by atoms with Crippen LogP contribution in [0.4, 0.5) is 0 Å². The Morgan fingerprint density at radius 3 is 2.35 bits per heavy atom. The van der Waals surface area contributed by atoms with Crippen LogP contribution in [0.1, 0.15) is 69.8 Å². The number of unbranched alkanes of at least 4 members (excludes halogenated alkanes) is 1. The fourth-order valence-corrected chi connectivity index (χ4v) is 5.05. The second-order valence-electron chi connectivity index (χ2n) is 9.87. The highest BCUT2D eigenvalue weighted by Crippen LogP contribution is 2.39. The van der Waals surface area contributed by atoms with E-state index in [1.54, 1.807) is 0 Å². The number of carboxylic acids is 1. The third-order valence-electron chi connectivity index (χ3n) is 7.12. The minimum absolute atomic E-state index is 0.105. The zero-order valence-electron chi connectivity index (χ0n) is 21.5. The average molecular weight is 509 g/mol. The number of aliphatic hydroxyl groups is 2. The summed E-state index contributed by atoms with van der Waals surface area (Å²) in [6.07, 6.45) is 18.4. The molecule has 0 heterocycles. The maximum Gasteiger partial charge on any atom is 0.311 e. The SMILES string of the molecule is C#CCC(CC#C)C(=O)O[C@@H](CCc1ccccc1)CC[C@@H]1[C@@H](C/C=C/CCCC(=O)O)[C@@H](O)C[C@H]1O. The van der Waals surface area contributed by atoms with Gasteiger partial charge in [0.2, 0.25) is 0 Å². The lowest BCUT2D eigenvalue weighted by atomic mass is 9.85. The smallest absolute Gasteiger partial charge is 0.311 e. The second kappa shape index (κ2) is 16.6. The number of allylic oxidation sites excluding steroid dienone is 2. The van der Waals surface area contributed by atoms with Gasteiger partial charge in [-0.2, -0.15) is 0 Å². The third-order valence-corrected chi connectivity index (χ3v) is 7.12. The molecule has 200 valence electrons. The van der Waals surface area contributed by atoms with E-state index in [2.05, 4.69) is 11.8 Å². The van der Waals surface area contributed by atoms with Crippen molar-refractivity contribution in [3.8, 4) is 24.7 Å². The zero-order valence-corrected chi connectivity index (χ0v) is 21.5. The standard InChI is InChI=1S/C31H40O6/c1-3-12-24(13-4-2)31(36)37-25(19-18-23-14-8-7-9-15-23)20-21-27-26(28(32)22-29(27)33)16-10-5-6-11-17-30(34)35/h1-2,5,7-10,14-15,24-29,32-33H,6,11-13,16-22H2,(H,34,35)/b10-5+/t25-,26+,27+,28-,29+/m0/s1. The predicted molar refractivity (Wildman–Crippen MR) is 143 cm³/mol. The van der Waals surface area contributed by atoms with E-state index in [0.717, 1.165) is 12.0 Å². The Bertz CT molecular complexity index is 925. The number of ether oxygens (including phenoxy) is 1. The van der Waals surface area contributed by atoms with Crippen molar-refractivity contribution in [1.29, 1.82) is 0 Å². The Morgan fingerprint density at radius 1 is 1.03 bits per heavy atom. The molecule has 1 fully saturated rings. The van der Waals surface area contributed by atoms with Crippen LogP contribution in [0, 0.1) is 42.4 Å². The molecular formula is C31H40O6. The molecule has 2 rings (SSSR count). The van der Waals surface area contributed by atoms with Crippen LogP contribution in [0.3, 0.4) is 0 Å². The number of terminal acetylenes is 2. The van der Waals surface area contributed by atoms with Gasteiger partial charge in [-0.15, -0.1) is 24.7 Å². The van der Waals surface area contributed by atoms with E-state index in [9.17, 15) is 19.8 Å². The molecule has 0 spiro atoms. The van der Waals surface area contributed by atoms with Crippen molar-refractivity contribution in [2.24, 2.45) is 17.8 Å². The number of hydrogen-bond acceptors (Lipinski definition) is 5. The van der Waals surface area contributed by atoms with Crippen molar-refractivity contribution < 1.29 is 29.6 Å². The van der Waals surface area contributed by atoms with E-state index in [-0.39, 0.29) is 43.2 Å². The summed E-state index contributed by atoms with van der Waals surface area (Å²) in [5.74, 6) is 3.05. The molecule has 3 N–H and O–H groups in total. The monoisotopic (exact) mass is 508 g/mol. The molecule has 1 aliphatic carbocycles. The van der Waals surface area contributed by atoms with Crippen LogP contribution >= 0.6 is 0 Å². The summed E-state index contributed by atoms with van der Waals surface area (Å²) in [5.41, 5.74) is 1.15. The van der Waals surface area contributed by atoms with Crippen molar-refractivity contribution in [2.45, 2.75) is 88.9 Å². The number of carbonyl (C=O) groups excluding carboxylic acids is 1. The van der Waals surface area contributed by atoms with Crippen molar-refractivity contribution in [3.63, 3.8) is 0 Å². The fraction of sp³-hybridized carbons (Fsp3) is 0.548. The summed E-state index contributed by atoms with van der Waals surface area (Å²) in [4.78, 5) is 23.5. The number of hydrogen-bond donors (Lipinski definition) is 3. The van der Waals surface area contributed by atoms with Gasteiger partial charge in [-0.25, -0.2) is 0 Å². The Morgan fingerprint density at radius 2 is 1.70 bits per heavy atom. The lowest BCUT2D eigenvalue weighted by molar-refractivity contribution is -0.154. The molecule has 0 radical (unpaired) electrons. The lowest BCUT2D eigenvalue weighted by Crippen LogP contribution is -2.28. The normalized spacial score (nSPS) is 22.0. The molecule has 0 aromatic heterocycles. The molecule has 1 saturated carbocycles. The summed E-state index contributed by atoms with van der Waals surface area (Å²) < 4.78 is 5.91. The highest BCUT2D eigenvalue weighted by atomic mass is 16.5. The van der Waals surface area contributed by atoms with Crippen LogP contribution in [-0.2, 0) is 20.7 Å². The Labute approximate surface area is 221 Å². The van der Waals surface area contributed by atoms with Gasteiger partial charge in [-0.05, 0) is 68.8 Å². The van der Waals surface area contributed by atoms with E-state index < -0.39 is 24.1 Å². The van der Waals surface area contributed by atoms with Gasteiger partial charge in [0.15, 0.2) is 0 Å². The minimum atomic E-state index is -0.810. The van der Waals surface area contributed by atoms with Crippen LogP contribution in [0.15, 0.2) is 42.5 Å². The molecule has 0 amide bonds. The Kier molecular flexibility index (Phi) is 13.6.